The lowest BCUT2D eigenvalue weighted by atomic mass is 10.1. The predicted octanol–water partition coefficient (Wildman–Crippen LogP) is 2.13. The van der Waals surface area contributed by atoms with Crippen molar-refractivity contribution in [1.29, 1.82) is 0 Å². The van der Waals surface area contributed by atoms with Gasteiger partial charge in [-0.25, -0.2) is 9.82 Å². The molecule has 0 radical (unpaired) electrons. The lowest BCUT2D eigenvalue weighted by Crippen LogP contribution is -2.28. The van der Waals surface area contributed by atoms with Crippen molar-refractivity contribution in [3.8, 4) is 0 Å². The molecule has 3 N–H and O–H groups in total. The Morgan fingerprint density at radius 3 is 2.90 bits per heavy atom. The Kier molecular flexibility index (Phi) is 5.49. The number of benzene rings is 1. The molecule has 0 spiro atoms. The summed E-state index contributed by atoms with van der Waals surface area (Å²) >= 11 is 0. The number of fused-ring (bicyclic) bond motifs is 1. The normalized spacial score (nSPS) is 12.9. The molecule has 0 aliphatic rings. The molecule has 1 atom stereocenters. The molecule has 0 bridgehead atoms. The summed E-state index contributed by atoms with van der Waals surface area (Å²) in [6, 6.07) is 6.03. The number of ether oxygens (including phenoxy) is 2. The van der Waals surface area contributed by atoms with Crippen LogP contribution in [0.2, 0.25) is 0 Å². The van der Waals surface area contributed by atoms with Crippen LogP contribution in [0, 0.1) is 5.82 Å². The highest BCUT2D eigenvalue weighted by Crippen LogP contribution is 2.25. The number of furan rings is 1. The number of nitrogens with two attached hydrogens (primary N) is 1. The molecule has 1 aromatic heterocycles. The fourth-order valence-corrected chi connectivity index (χ4v) is 1.96. The Morgan fingerprint density at radius 2 is 2.15 bits per heavy atom. The zero-order chi connectivity index (χ0) is 14.4. The molecule has 2 rings (SSSR count). The molecular weight excluding hydrogens is 263 g/mol. The lowest BCUT2D eigenvalue weighted by Gasteiger charge is -2.13. The Labute approximate surface area is 116 Å². The molecule has 110 valence electrons. The second-order valence-corrected chi connectivity index (χ2v) is 4.44. The van der Waals surface area contributed by atoms with Crippen LogP contribution in [0.4, 0.5) is 4.39 Å². The summed E-state index contributed by atoms with van der Waals surface area (Å²) < 4.78 is 29.1. The number of halogens is 1. The van der Waals surface area contributed by atoms with E-state index in [9.17, 15) is 4.39 Å². The Morgan fingerprint density at radius 1 is 1.30 bits per heavy atom. The number of nitrogens with one attached hydrogen (secondary N) is 1. The fourth-order valence-electron chi connectivity index (χ4n) is 1.96. The van der Waals surface area contributed by atoms with Gasteiger partial charge in [0.2, 0.25) is 0 Å². The molecule has 20 heavy (non-hydrogen) atoms. The van der Waals surface area contributed by atoms with Gasteiger partial charge in [0, 0.05) is 19.1 Å². The van der Waals surface area contributed by atoms with Crippen molar-refractivity contribution >= 4 is 11.0 Å². The summed E-state index contributed by atoms with van der Waals surface area (Å²) in [6.07, 6.45) is 0.655. The van der Waals surface area contributed by atoms with E-state index in [2.05, 4.69) is 5.43 Å². The molecule has 1 aromatic carbocycles. The van der Waals surface area contributed by atoms with Crippen molar-refractivity contribution in [3.63, 3.8) is 0 Å². The lowest BCUT2D eigenvalue weighted by molar-refractivity contribution is 0.0649. The van der Waals surface area contributed by atoms with Crippen molar-refractivity contribution in [1.82, 2.24) is 5.43 Å². The van der Waals surface area contributed by atoms with Gasteiger partial charge in [-0.1, -0.05) is 0 Å². The standard InChI is InChI=1S/C14H19FN2O3/c1-18-6-7-19-5-4-12(17-16)14-9-10-8-11(15)2-3-13(10)20-14/h2-3,8-9,12,17H,4-7,16H2,1H3. The number of hydrazine groups is 1. The van der Waals surface area contributed by atoms with Gasteiger partial charge in [0.05, 0.1) is 19.3 Å². The first-order valence-electron chi connectivity index (χ1n) is 6.46. The topological polar surface area (TPSA) is 69.7 Å². The molecular formula is C14H19FN2O3. The first kappa shape index (κ1) is 14.9. The van der Waals surface area contributed by atoms with Gasteiger partial charge in [0.15, 0.2) is 0 Å². The van der Waals surface area contributed by atoms with Crippen molar-refractivity contribution in [2.75, 3.05) is 26.9 Å². The molecule has 0 saturated carbocycles. The van der Waals surface area contributed by atoms with E-state index in [1.165, 1.54) is 12.1 Å². The van der Waals surface area contributed by atoms with Crippen molar-refractivity contribution in [2.45, 2.75) is 12.5 Å². The second-order valence-electron chi connectivity index (χ2n) is 4.44. The number of rotatable bonds is 8. The predicted molar refractivity (Wildman–Crippen MR) is 73.5 cm³/mol. The largest absolute Gasteiger partial charge is 0.459 e. The van der Waals surface area contributed by atoms with Crippen LogP contribution in [0.1, 0.15) is 18.2 Å². The van der Waals surface area contributed by atoms with E-state index < -0.39 is 0 Å². The first-order valence-corrected chi connectivity index (χ1v) is 6.46. The van der Waals surface area contributed by atoms with E-state index >= 15 is 0 Å². The molecule has 1 heterocycles. The van der Waals surface area contributed by atoms with E-state index in [1.54, 1.807) is 19.2 Å². The van der Waals surface area contributed by atoms with Crippen LogP contribution in [0.25, 0.3) is 11.0 Å². The summed E-state index contributed by atoms with van der Waals surface area (Å²) in [4.78, 5) is 0. The van der Waals surface area contributed by atoms with Gasteiger partial charge in [0.25, 0.3) is 0 Å². The van der Waals surface area contributed by atoms with Gasteiger partial charge in [-0.05, 0) is 30.7 Å². The molecule has 6 heteroatoms. The maximum atomic E-state index is 13.1. The zero-order valence-corrected chi connectivity index (χ0v) is 11.4. The van der Waals surface area contributed by atoms with Crippen LogP contribution >= 0.6 is 0 Å². The Bertz CT molecular complexity index is 544. The molecule has 0 aliphatic heterocycles. The second kappa shape index (κ2) is 7.35. The molecule has 2 aromatic rings. The van der Waals surface area contributed by atoms with Crippen molar-refractivity contribution < 1.29 is 18.3 Å². The maximum Gasteiger partial charge on any atom is 0.134 e. The molecule has 0 fully saturated rings. The van der Waals surface area contributed by atoms with E-state index in [-0.39, 0.29) is 11.9 Å². The van der Waals surface area contributed by atoms with E-state index in [0.29, 0.717) is 37.6 Å². The van der Waals surface area contributed by atoms with Crippen LogP contribution < -0.4 is 11.3 Å². The van der Waals surface area contributed by atoms with E-state index in [0.717, 1.165) is 5.39 Å². The summed E-state index contributed by atoms with van der Waals surface area (Å²) in [7, 11) is 1.63. The summed E-state index contributed by atoms with van der Waals surface area (Å²) in [5, 5.41) is 0.723. The molecule has 0 amide bonds. The van der Waals surface area contributed by atoms with Gasteiger partial charge in [0.1, 0.15) is 17.2 Å². The van der Waals surface area contributed by atoms with Gasteiger partial charge < -0.3 is 13.9 Å². The fraction of sp³-hybridized carbons (Fsp3) is 0.429. The van der Waals surface area contributed by atoms with Crippen molar-refractivity contribution in [2.24, 2.45) is 5.84 Å². The third-order valence-corrected chi connectivity index (χ3v) is 3.02. The number of hydrogen-bond donors (Lipinski definition) is 2. The molecule has 0 aliphatic carbocycles. The minimum Gasteiger partial charge on any atom is -0.459 e. The average Bonchev–Trinajstić information content (AvgIpc) is 2.85. The third-order valence-electron chi connectivity index (χ3n) is 3.02. The van der Waals surface area contributed by atoms with E-state index in [1.807, 2.05) is 0 Å². The first-order chi connectivity index (χ1) is 9.74. The van der Waals surface area contributed by atoms with Crippen molar-refractivity contribution in [3.05, 3.63) is 35.8 Å². The number of methoxy groups -OCH3 is 1. The smallest absolute Gasteiger partial charge is 0.134 e. The molecule has 1 unspecified atom stereocenters. The minimum absolute atomic E-state index is 0.173. The van der Waals surface area contributed by atoms with Crippen LogP contribution in [0.3, 0.4) is 0 Å². The minimum atomic E-state index is -0.287. The zero-order valence-electron chi connectivity index (χ0n) is 11.4. The Hall–Kier alpha value is -1.47. The van der Waals surface area contributed by atoms with Gasteiger partial charge in [-0.2, -0.15) is 0 Å². The van der Waals surface area contributed by atoms with Crippen LogP contribution in [-0.2, 0) is 9.47 Å². The van der Waals surface area contributed by atoms with Gasteiger partial charge in [-0.15, -0.1) is 0 Å². The third kappa shape index (κ3) is 3.77. The SMILES string of the molecule is COCCOCCC(NN)c1cc2cc(F)ccc2o1. The summed E-state index contributed by atoms with van der Waals surface area (Å²) in [6.45, 7) is 1.63. The quantitative estimate of drug-likeness (QED) is 0.441. The highest BCUT2D eigenvalue weighted by Gasteiger charge is 2.15. The maximum absolute atomic E-state index is 13.1. The van der Waals surface area contributed by atoms with Gasteiger partial charge in [-0.3, -0.25) is 5.84 Å². The highest BCUT2D eigenvalue weighted by molar-refractivity contribution is 5.78. The highest BCUT2D eigenvalue weighted by atomic mass is 19.1. The van der Waals surface area contributed by atoms with E-state index in [4.69, 9.17) is 19.7 Å². The van der Waals surface area contributed by atoms with Crippen LogP contribution in [0.15, 0.2) is 28.7 Å². The summed E-state index contributed by atoms with van der Waals surface area (Å²) in [5.41, 5.74) is 3.33. The molecule has 5 nitrogen and oxygen atoms in total. The van der Waals surface area contributed by atoms with Crippen LogP contribution in [-0.4, -0.2) is 26.9 Å². The summed E-state index contributed by atoms with van der Waals surface area (Å²) in [5.74, 6) is 5.92. The monoisotopic (exact) mass is 282 g/mol. The molecule has 0 saturated heterocycles. The van der Waals surface area contributed by atoms with Gasteiger partial charge >= 0.3 is 0 Å². The average molecular weight is 282 g/mol. The van der Waals surface area contributed by atoms with Crippen LogP contribution in [0.5, 0.6) is 0 Å². The Balaban J connectivity index is 1.98. The number of hydrogen-bond acceptors (Lipinski definition) is 5.